The molecule has 0 aliphatic rings. The molecule has 1 aromatic carbocycles. The SMILES string of the molecule is CCCNC(Cc1cc(C)ccc1C)c1ccnn1CC. The maximum atomic E-state index is 4.42. The van der Waals surface area contributed by atoms with E-state index in [1.54, 1.807) is 0 Å². The summed E-state index contributed by atoms with van der Waals surface area (Å²) in [5, 5.41) is 8.10. The molecule has 2 rings (SSSR count). The fraction of sp³-hybridized carbons (Fsp3) is 0.500. The van der Waals surface area contributed by atoms with E-state index in [9.17, 15) is 0 Å². The third-order valence-electron chi connectivity index (χ3n) is 3.98. The molecule has 0 fully saturated rings. The fourth-order valence-electron chi connectivity index (χ4n) is 2.74. The van der Waals surface area contributed by atoms with E-state index in [4.69, 9.17) is 0 Å². The van der Waals surface area contributed by atoms with Crippen LogP contribution in [-0.2, 0) is 13.0 Å². The van der Waals surface area contributed by atoms with Crippen LogP contribution in [-0.4, -0.2) is 16.3 Å². The highest BCUT2D eigenvalue weighted by Crippen LogP contribution is 2.21. The number of aromatic nitrogens is 2. The standard InChI is InChI=1S/C18H27N3/c1-5-10-19-17(18-9-11-20-21(18)6-2)13-16-12-14(3)7-8-15(16)4/h7-9,11-12,17,19H,5-6,10,13H2,1-4H3. The van der Waals surface area contributed by atoms with Crippen molar-refractivity contribution in [1.29, 1.82) is 0 Å². The highest BCUT2D eigenvalue weighted by Gasteiger charge is 2.16. The van der Waals surface area contributed by atoms with Crippen LogP contribution in [0.2, 0.25) is 0 Å². The van der Waals surface area contributed by atoms with Gasteiger partial charge in [-0.3, -0.25) is 4.68 Å². The molecule has 1 heterocycles. The molecule has 3 nitrogen and oxygen atoms in total. The Morgan fingerprint density at radius 1 is 1.19 bits per heavy atom. The molecule has 21 heavy (non-hydrogen) atoms. The third kappa shape index (κ3) is 3.94. The van der Waals surface area contributed by atoms with Gasteiger partial charge in [-0.2, -0.15) is 5.10 Å². The van der Waals surface area contributed by atoms with Gasteiger partial charge in [-0.05, 0) is 57.4 Å². The van der Waals surface area contributed by atoms with Crippen LogP contribution in [0.1, 0.15) is 48.7 Å². The monoisotopic (exact) mass is 285 g/mol. The molecule has 0 aliphatic heterocycles. The van der Waals surface area contributed by atoms with E-state index in [1.807, 2.05) is 6.20 Å². The van der Waals surface area contributed by atoms with Crippen LogP contribution in [0.3, 0.4) is 0 Å². The maximum absolute atomic E-state index is 4.42. The minimum Gasteiger partial charge on any atom is -0.308 e. The van der Waals surface area contributed by atoms with Crippen LogP contribution in [0.4, 0.5) is 0 Å². The molecule has 1 atom stereocenters. The first-order valence-electron chi connectivity index (χ1n) is 7.96. The van der Waals surface area contributed by atoms with Crippen molar-refractivity contribution in [2.75, 3.05) is 6.54 Å². The van der Waals surface area contributed by atoms with Gasteiger partial charge in [0, 0.05) is 12.7 Å². The second-order valence-corrected chi connectivity index (χ2v) is 5.71. The summed E-state index contributed by atoms with van der Waals surface area (Å²) in [5.74, 6) is 0. The van der Waals surface area contributed by atoms with Crippen molar-refractivity contribution in [2.24, 2.45) is 0 Å². The zero-order valence-electron chi connectivity index (χ0n) is 13.7. The van der Waals surface area contributed by atoms with Crippen molar-refractivity contribution >= 4 is 0 Å². The van der Waals surface area contributed by atoms with Crippen molar-refractivity contribution in [3.63, 3.8) is 0 Å². The fourth-order valence-corrected chi connectivity index (χ4v) is 2.74. The molecule has 0 bridgehead atoms. The lowest BCUT2D eigenvalue weighted by atomic mass is 9.97. The van der Waals surface area contributed by atoms with Crippen LogP contribution in [0.15, 0.2) is 30.5 Å². The molecular formula is C18H27N3. The van der Waals surface area contributed by atoms with Gasteiger partial charge in [0.2, 0.25) is 0 Å². The van der Waals surface area contributed by atoms with E-state index in [0.717, 1.165) is 25.9 Å². The number of hydrogen-bond acceptors (Lipinski definition) is 2. The second kappa shape index (κ2) is 7.41. The van der Waals surface area contributed by atoms with Gasteiger partial charge in [-0.15, -0.1) is 0 Å². The highest BCUT2D eigenvalue weighted by atomic mass is 15.3. The molecular weight excluding hydrogens is 258 g/mol. The Morgan fingerprint density at radius 3 is 2.71 bits per heavy atom. The molecule has 0 saturated carbocycles. The molecule has 0 amide bonds. The van der Waals surface area contributed by atoms with E-state index in [1.165, 1.54) is 22.4 Å². The smallest absolute Gasteiger partial charge is 0.0556 e. The van der Waals surface area contributed by atoms with E-state index >= 15 is 0 Å². The molecule has 3 heteroatoms. The summed E-state index contributed by atoms with van der Waals surface area (Å²) in [5.41, 5.74) is 5.40. The average molecular weight is 285 g/mol. The first kappa shape index (κ1) is 15.8. The predicted molar refractivity (Wildman–Crippen MR) is 88.6 cm³/mol. The molecule has 1 aromatic heterocycles. The maximum Gasteiger partial charge on any atom is 0.0556 e. The molecule has 114 valence electrons. The summed E-state index contributed by atoms with van der Waals surface area (Å²) in [6, 6.07) is 9.18. The Labute approximate surface area is 128 Å². The Kier molecular flexibility index (Phi) is 5.57. The lowest BCUT2D eigenvalue weighted by Gasteiger charge is -2.21. The number of rotatable bonds is 7. The van der Waals surface area contributed by atoms with E-state index < -0.39 is 0 Å². The molecule has 1 unspecified atom stereocenters. The summed E-state index contributed by atoms with van der Waals surface area (Å²) in [6.45, 7) is 10.7. The molecule has 1 N–H and O–H groups in total. The zero-order chi connectivity index (χ0) is 15.2. The highest BCUT2D eigenvalue weighted by molar-refractivity contribution is 5.32. The Balaban J connectivity index is 2.26. The van der Waals surface area contributed by atoms with Crippen molar-refractivity contribution < 1.29 is 0 Å². The molecule has 0 aliphatic carbocycles. The van der Waals surface area contributed by atoms with Crippen LogP contribution in [0, 0.1) is 13.8 Å². The second-order valence-electron chi connectivity index (χ2n) is 5.71. The van der Waals surface area contributed by atoms with E-state index in [-0.39, 0.29) is 0 Å². The minimum atomic E-state index is 0.327. The summed E-state index contributed by atoms with van der Waals surface area (Å²) in [7, 11) is 0. The number of nitrogens with one attached hydrogen (secondary N) is 1. The first-order valence-corrected chi connectivity index (χ1v) is 7.96. The number of aryl methyl sites for hydroxylation is 3. The van der Waals surface area contributed by atoms with E-state index in [2.05, 4.69) is 67.1 Å². The van der Waals surface area contributed by atoms with Crippen molar-refractivity contribution in [3.8, 4) is 0 Å². The van der Waals surface area contributed by atoms with E-state index in [0.29, 0.717) is 6.04 Å². The van der Waals surface area contributed by atoms with Crippen LogP contribution < -0.4 is 5.32 Å². The number of hydrogen-bond donors (Lipinski definition) is 1. The Bertz CT molecular complexity index is 572. The largest absolute Gasteiger partial charge is 0.308 e. The lowest BCUT2D eigenvalue weighted by molar-refractivity contribution is 0.478. The third-order valence-corrected chi connectivity index (χ3v) is 3.98. The minimum absolute atomic E-state index is 0.327. The number of benzene rings is 1. The van der Waals surface area contributed by atoms with Gasteiger partial charge < -0.3 is 5.32 Å². The van der Waals surface area contributed by atoms with Gasteiger partial charge in [0.05, 0.1) is 11.7 Å². The first-order chi connectivity index (χ1) is 10.2. The zero-order valence-corrected chi connectivity index (χ0v) is 13.7. The van der Waals surface area contributed by atoms with Gasteiger partial charge in [0.15, 0.2) is 0 Å². The number of nitrogens with zero attached hydrogens (tertiary/aromatic N) is 2. The summed E-state index contributed by atoms with van der Waals surface area (Å²) < 4.78 is 2.10. The molecule has 0 spiro atoms. The summed E-state index contributed by atoms with van der Waals surface area (Å²) >= 11 is 0. The van der Waals surface area contributed by atoms with Crippen LogP contribution in [0.5, 0.6) is 0 Å². The predicted octanol–water partition coefficient (Wildman–Crippen LogP) is 3.80. The topological polar surface area (TPSA) is 29.9 Å². The normalized spacial score (nSPS) is 12.6. The van der Waals surface area contributed by atoms with Gasteiger partial charge in [0.1, 0.15) is 0 Å². The molecule has 0 saturated heterocycles. The van der Waals surface area contributed by atoms with Crippen molar-refractivity contribution in [1.82, 2.24) is 15.1 Å². The van der Waals surface area contributed by atoms with Gasteiger partial charge in [-0.1, -0.05) is 30.7 Å². The summed E-state index contributed by atoms with van der Waals surface area (Å²) in [4.78, 5) is 0. The van der Waals surface area contributed by atoms with Gasteiger partial charge in [0.25, 0.3) is 0 Å². The Hall–Kier alpha value is -1.61. The van der Waals surface area contributed by atoms with Crippen molar-refractivity contribution in [3.05, 3.63) is 52.8 Å². The van der Waals surface area contributed by atoms with Gasteiger partial charge >= 0.3 is 0 Å². The lowest BCUT2D eigenvalue weighted by Crippen LogP contribution is -2.26. The quantitative estimate of drug-likeness (QED) is 0.838. The van der Waals surface area contributed by atoms with Crippen molar-refractivity contribution in [2.45, 2.75) is 53.1 Å². The van der Waals surface area contributed by atoms with Crippen LogP contribution >= 0.6 is 0 Å². The molecule has 0 radical (unpaired) electrons. The van der Waals surface area contributed by atoms with Crippen LogP contribution in [0.25, 0.3) is 0 Å². The Morgan fingerprint density at radius 2 is 2.00 bits per heavy atom. The van der Waals surface area contributed by atoms with Gasteiger partial charge in [-0.25, -0.2) is 0 Å². The summed E-state index contributed by atoms with van der Waals surface area (Å²) in [6.07, 6.45) is 4.06. The molecule has 2 aromatic rings. The average Bonchev–Trinajstić information content (AvgIpc) is 2.95.